The van der Waals surface area contributed by atoms with Crippen LogP contribution in [0.25, 0.3) is 0 Å². The molecule has 0 fully saturated rings. The highest BCUT2D eigenvalue weighted by molar-refractivity contribution is 7.47. The van der Waals surface area contributed by atoms with Crippen molar-refractivity contribution in [1.82, 2.24) is 0 Å². The van der Waals surface area contributed by atoms with Gasteiger partial charge in [-0.25, -0.2) is 4.57 Å². The van der Waals surface area contributed by atoms with Crippen molar-refractivity contribution in [2.75, 3.05) is 47.5 Å². The first-order chi connectivity index (χ1) is 12.1. The second-order valence-electron chi connectivity index (χ2n) is 7.42. The Kier molecular flexibility index (Phi) is 13.4. The first kappa shape index (κ1) is 25.5. The minimum atomic E-state index is -4.24. The number of hydrogen-bond acceptors (Lipinski definition) is 6. The zero-order chi connectivity index (χ0) is 20.1. The van der Waals surface area contributed by atoms with Crippen molar-refractivity contribution in [1.29, 1.82) is 0 Å². The van der Waals surface area contributed by atoms with Gasteiger partial charge >= 0.3 is 13.8 Å². The number of hydrogen-bond donors (Lipinski definition) is 2. The average Bonchev–Trinajstić information content (AvgIpc) is 2.53. The Hall–Kier alpha value is -0.500. The van der Waals surface area contributed by atoms with Crippen molar-refractivity contribution < 1.29 is 37.6 Å². The maximum absolute atomic E-state index is 11.8. The van der Waals surface area contributed by atoms with Crippen LogP contribution in [0.1, 0.15) is 51.9 Å². The van der Waals surface area contributed by atoms with Gasteiger partial charge in [0.15, 0.2) is 0 Å². The first-order valence-corrected chi connectivity index (χ1v) is 10.8. The Morgan fingerprint density at radius 3 is 2.27 bits per heavy atom. The molecular weight excluding hydrogens is 361 g/mol. The number of likely N-dealkylation sites (N-methyl/N-ethyl adjacent to an activating group) is 1. The summed E-state index contributed by atoms with van der Waals surface area (Å²) in [4.78, 5) is 21.4. The lowest BCUT2D eigenvalue weighted by atomic mass is 10.1. The molecule has 26 heavy (non-hydrogen) atoms. The van der Waals surface area contributed by atoms with E-state index in [0.717, 1.165) is 19.3 Å². The molecule has 0 saturated carbocycles. The van der Waals surface area contributed by atoms with Crippen molar-refractivity contribution in [3.8, 4) is 0 Å². The summed E-state index contributed by atoms with van der Waals surface area (Å²) < 4.78 is 27.1. The number of rotatable bonds is 16. The third kappa shape index (κ3) is 15.7. The second-order valence-corrected chi connectivity index (χ2v) is 8.88. The zero-order valence-corrected chi connectivity index (χ0v) is 17.6. The molecule has 0 aliphatic rings. The highest BCUT2D eigenvalue weighted by atomic mass is 31.2. The van der Waals surface area contributed by atoms with Crippen LogP contribution in [-0.4, -0.2) is 74.1 Å². The van der Waals surface area contributed by atoms with E-state index < -0.39 is 33.1 Å². The minimum Gasteiger partial charge on any atom is -0.457 e. The molecule has 0 aliphatic carbocycles. The summed E-state index contributed by atoms with van der Waals surface area (Å²) in [6, 6.07) is 0. The Morgan fingerprint density at radius 2 is 1.69 bits per heavy atom. The van der Waals surface area contributed by atoms with Crippen molar-refractivity contribution in [2.45, 2.75) is 58.0 Å². The van der Waals surface area contributed by atoms with Gasteiger partial charge in [0.1, 0.15) is 19.3 Å². The van der Waals surface area contributed by atoms with E-state index in [0.29, 0.717) is 11.0 Å². The fourth-order valence-electron chi connectivity index (χ4n) is 2.06. The Labute approximate surface area is 157 Å². The number of phosphoric acid groups is 1. The Balaban J connectivity index is 4.02. The SMILES string of the molecule is CCCCCCCCC(=O)O[C@H](CO)COP(=O)(O)OCC[N+](C)(C)C. The van der Waals surface area contributed by atoms with Crippen LogP contribution in [-0.2, 0) is 23.1 Å². The smallest absolute Gasteiger partial charge is 0.457 e. The topological polar surface area (TPSA) is 102 Å². The molecule has 0 heterocycles. The third-order valence-corrected chi connectivity index (χ3v) is 4.66. The van der Waals surface area contributed by atoms with Gasteiger partial charge in [-0.1, -0.05) is 39.0 Å². The molecule has 0 bridgehead atoms. The highest BCUT2D eigenvalue weighted by Crippen LogP contribution is 2.43. The van der Waals surface area contributed by atoms with Gasteiger partial charge in [0.2, 0.25) is 0 Å². The number of carbonyl (C=O) groups is 1. The molecule has 0 aromatic carbocycles. The molecule has 0 aliphatic heterocycles. The van der Waals surface area contributed by atoms with Gasteiger partial charge in [0.25, 0.3) is 0 Å². The van der Waals surface area contributed by atoms with Crippen LogP contribution in [0, 0.1) is 0 Å². The predicted octanol–water partition coefficient (Wildman–Crippen LogP) is 2.48. The quantitative estimate of drug-likeness (QED) is 0.178. The van der Waals surface area contributed by atoms with E-state index >= 15 is 0 Å². The largest absolute Gasteiger partial charge is 0.472 e. The molecule has 0 saturated heterocycles. The Morgan fingerprint density at radius 1 is 1.08 bits per heavy atom. The predicted molar refractivity (Wildman–Crippen MR) is 99.6 cm³/mol. The summed E-state index contributed by atoms with van der Waals surface area (Å²) >= 11 is 0. The van der Waals surface area contributed by atoms with E-state index in [1.807, 2.05) is 21.1 Å². The standard InChI is InChI=1S/C17H36NO7P/c1-5-6-7-8-9-10-11-17(20)25-16(14-19)15-24-26(21,22)23-13-12-18(2,3)4/h16,19H,5-15H2,1-4H3/p+1/t16-/m1/s1. The molecule has 2 atom stereocenters. The molecule has 2 N–H and O–H groups in total. The van der Waals surface area contributed by atoms with E-state index in [2.05, 4.69) is 6.92 Å². The number of nitrogens with zero attached hydrogens (tertiary/aromatic N) is 1. The molecule has 8 nitrogen and oxygen atoms in total. The summed E-state index contributed by atoms with van der Waals surface area (Å²) in [5, 5.41) is 9.25. The number of aliphatic hydroxyl groups is 1. The molecule has 0 amide bonds. The lowest BCUT2D eigenvalue weighted by molar-refractivity contribution is -0.870. The number of ether oxygens (including phenoxy) is 1. The third-order valence-electron chi connectivity index (χ3n) is 3.68. The molecule has 0 rings (SSSR count). The van der Waals surface area contributed by atoms with Crippen LogP contribution in [0.5, 0.6) is 0 Å². The van der Waals surface area contributed by atoms with Crippen molar-refractivity contribution >= 4 is 13.8 Å². The molecular formula is C17H37NO7P+. The van der Waals surface area contributed by atoms with Gasteiger partial charge in [0.05, 0.1) is 34.4 Å². The van der Waals surface area contributed by atoms with E-state index in [1.54, 1.807) is 0 Å². The van der Waals surface area contributed by atoms with E-state index in [9.17, 15) is 19.4 Å². The Bertz CT molecular complexity index is 426. The van der Waals surface area contributed by atoms with E-state index in [4.69, 9.17) is 13.8 Å². The van der Waals surface area contributed by atoms with Crippen molar-refractivity contribution in [3.63, 3.8) is 0 Å². The summed E-state index contributed by atoms with van der Waals surface area (Å²) in [5.41, 5.74) is 0. The second kappa shape index (κ2) is 13.6. The molecule has 9 heteroatoms. The van der Waals surface area contributed by atoms with Gasteiger partial charge in [-0.05, 0) is 6.42 Å². The van der Waals surface area contributed by atoms with E-state index in [-0.39, 0.29) is 13.0 Å². The summed E-state index contributed by atoms with van der Waals surface area (Å²) in [5.74, 6) is -0.443. The number of phosphoric ester groups is 1. The van der Waals surface area contributed by atoms with Crippen molar-refractivity contribution in [3.05, 3.63) is 0 Å². The lowest BCUT2D eigenvalue weighted by Gasteiger charge is -2.24. The van der Waals surface area contributed by atoms with Crippen molar-refractivity contribution in [2.24, 2.45) is 0 Å². The molecule has 0 radical (unpaired) electrons. The molecule has 0 aromatic rings. The normalized spacial score (nSPS) is 15.5. The van der Waals surface area contributed by atoms with Gasteiger partial charge in [-0.15, -0.1) is 0 Å². The maximum atomic E-state index is 11.8. The summed E-state index contributed by atoms with van der Waals surface area (Å²) in [7, 11) is 1.55. The highest BCUT2D eigenvalue weighted by Gasteiger charge is 2.25. The molecule has 1 unspecified atom stereocenters. The zero-order valence-electron chi connectivity index (χ0n) is 16.7. The van der Waals surface area contributed by atoms with Gasteiger partial charge in [0, 0.05) is 6.42 Å². The van der Waals surface area contributed by atoms with Gasteiger partial charge in [-0.3, -0.25) is 13.8 Å². The van der Waals surface area contributed by atoms with E-state index in [1.165, 1.54) is 19.3 Å². The fourth-order valence-corrected chi connectivity index (χ4v) is 2.80. The lowest BCUT2D eigenvalue weighted by Crippen LogP contribution is -2.37. The number of unbranched alkanes of at least 4 members (excludes halogenated alkanes) is 5. The number of esters is 1. The molecule has 0 spiro atoms. The van der Waals surface area contributed by atoms with Gasteiger partial charge < -0.3 is 19.2 Å². The number of carbonyl (C=O) groups excluding carboxylic acids is 1. The fraction of sp³-hybridized carbons (Fsp3) is 0.941. The summed E-state index contributed by atoms with van der Waals surface area (Å²) in [6.45, 7) is 1.86. The summed E-state index contributed by atoms with van der Waals surface area (Å²) in [6.07, 6.45) is 5.60. The van der Waals surface area contributed by atoms with Crippen LogP contribution >= 0.6 is 7.82 Å². The number of quaternary nitrogens is 1. The van der Waals surface area contributed by atoms with Crippen LogP contribution < -0.4 is 0 Å². The molecule has 0 aromatic heterocycles. The minimum absolute atomic E-state index is 0.0545. The number of aliphatic hydroxyl groups excluding tert-OH is 1. The van der Waals surface area contributed by atoms with Crippen LogP contribution in [0.4, 0.5) is 0 Å². The molecule has 156 valence electrons. The maximum Gasteiger partial charge on any atom is 0.472 e. The van der Waals surface area contributed by atoms with Crippen LogP contribution in [0.15, 0.2) is 0 Å². The average molecular weight is 398 g/mol. The van der Waals surface area contributed by atoms with Gasteiger partial charge in [-0.2, -0.15) is 0 Å². The monoisotopic (exact) mass is 398 g/mol. The van der Waals surface area contributed by atoms with Crippen LogP contribution in [0.3, 0.4) is 0 Å². The van der Waals surface area contributed by atoms with Crippen LogP contribution in [0.2, 0.25) is 0 Å². The first-order valence-electron chi connectivity index (χ1n) is 9.32.